The first-order valence-electron chi connectivity index (χ1n) is 12.5. The van der Waals surface area contributed by atoms with E-state index in [2.05, 4.69) is 26.0 Å². The third-order valence-corrected chi connectivity index (χ3v) is 7.12. The van der Waals surface area contributed by atoms with Gasteiger partial charge in [0.05, 0.1) is 37.6 Å². The summed E-state index contributed by atoms with van der Waals surface area (Å²) in [5.41, 5.74) is 2.88. The van der Waals surface area contributed by atoms with Crippen molar-refractivity contribution < 1.29 is 19.0 Å². The summed E-state index contributed by atoms with van der Waals surface area (Å²) >= 11 is 0. The number of aliphatic hydroxyl groups excluding tert-OH is 1. The number of alkyl halides is 1. The van der Waals surface area contributed by atoms with Crippen LogP contribution in [0.5, 0.6) is 0 Å². The fraction of sp³-hybridized carbons (Fsp3) is 0.538. The summed E-state index contributed by atoms with van der Waals surface area (Å²) in [5, 5.41) is 15.1. The van der Waals surface area contributed by atoms with Gasteiger partial charge in [-0.3, -0.25) is 9.69 Å². The molecular formula is C26H33FN6O3. The second-order valence-electron chi connectivity index (χ2n) is 9.93. The van der Waals surface area contributed by atoms with Gasteiger partial charge in [0.1, 0.15) is 23.6 Å². The fourth-order valence-electron chi connectivity index (χ4n) is 5.41. The summed E-state index contributed by atoms with van der Waals surface area (Å²) in [7, 11) is 0. The molecular weight excluding hydrogens is 463 g/mol. The van der Waals surface area contributed by atoms with Crippen LogP contribution in [0.3, 0.4) is 0 Å². The van der Waals surface area contributed by atoms with Gasteiger partial charge in [-0.15, -0.1) is 0 Å². The molecule has 3 atom stereocenters. The van der Waals surface area contributed by atoms with E-state index in [1.807, 2.05) is 37.1 Å². The minimum absolute atomic E-state index is 0.0391. The number of aromatic nitrogens is 4. The van der Waals surface area contributed by atoms with E-state index in [9.17, 15) is 9.90 Å². The molecule has 0 radical (unpaired) electrons. The zero-order chi connectivity index (χ0) is 25.4. The Bertz CT molecular complexity index is 1260. The lowest BCUT2D eigenvalue weighted by atomic mass is 9.85. The number of aliphatic hydroxyl groups is 1. The smallest absolute Gasteiger partial charge is 0.159 e. The molecule has 36 heavy (non-hydrogen) atoms. The number of anilines is 1. The minimum Gasteiger partial charge on any atom is -0.394 e. The zero-order valence-corrected chi connectivity index (χ0v) is 21.0. The Balaban J connectivity index is 1.47. The van der Waals surface area contributed by atoms with Crippen molar-refractivity contribution in [2.75, 3.05) is 50.8 Å². The quantitative estimate of drug-likeness (QED) is 0.556. The number of ether oxygens (including phenoxy) is 1. The van der Waals surface area contributed by atoms with Crippen LogP contribution in [0.25, 0.3) is 16.7 Å². The molecule has 10 heteroatoms. The lowest BCUT2D eigenvalue weighted by molar-refractivity contribution is -0.118. The molecule has 1 aromatic carbocycles. The topological polar surface area (TPSA) is 96.6 Å². The van der Waals surface area contributed by atoms with Crippen molar-refractivity contribution in [3.63, 3.8) is 0 Å². The predicted octanol–water partition coefficient (Wildman–Crippen LogP) is 2.35. The summed E-state index contributed by atoms with van der Waals surface area (Å²) in [6.45, 7) is 8.39. The van der Waals surface area contributed by atoms with Gasteiger partial charge < -0.3 is 14.7 Å². The maximum atomic E-state index is 15.3. The standard InChI is InChI=1S/C26H33FN6O3/c1-16-8-19-11-28-33(24(19)9-22(16)21-4-5-31(12-17(2)35)14-23(21)27)26-10-25(29-18(3)30-26)32-6-7-36-20(13-32)15-34/h8-11,20-21,23,34H,4-7,12-15H2,1-3H3/t20-,21+,23+/m0/s1. The number of hydrogen-bond donors (Lipinski definition) is 1. The van der Waals surface area contributed by atoms with Gasteiger partial charge in [-0.1, -0.05) is 0 Å². The number of carbonyl (C=O) groups is 1. The highest BCUT2D eigenvalue weighted by molar-refractivity contribution is 5.82. The number of rotatable bonds is 6. The summed E-state index contributed by atoms with van der Waals surface area (Å²) in [5.74, 6) is 1.85. The van der Waals surface area contributed by atoms with Gasteiger partial charge in [0.15, 0.2) is 5.82 Å². The Kier molecular flexibility index (Phi) is 7.00. The Morgan fingerprint density at radius 3 is 2.72 bits per heavy atom. The molecule has 2 fully saturated rings. The SMILES string of the molecule is CC(=O)CN1CC[C@H](c2cc3c(cnn3-c3cc(N4CCO[C@H](CO)C4)nc(C)n3)cc2C)[C@H](F)C1. The average molecular weight is 497 g/mol. The molecule has 4 heterocycles. The van der Waals surface area contributed by atoms with Crippen molar-refractivity contribution in [1.82, 2.24) is 24.6 Å². The van der Waals surface area contributed by atoms with E-state index in [-0.39, 0.29) is 31.0 Å². The van der Waals surface area contributed by atoms with Gasteiger partial charge in [-0.2, -0.15) is 5.10 Å². The molecule has 0 unspecified atom stereocenters. The first kappa shape index (κ1) is 24.7. The van der Waals surface area contributed by atoms with Crippen molar-refractivity contribution in [3.05, 3.63) is 41.3 Å². The molecule has 0 saturated carbocycles. The van der Waals surface area contributed by atoms with Crippen molar-refractivity contribution in [2.24, 2.45) is 0 Å². The van der Waals surface area contributed by atoms with Gasteiger partial charge in [-0.25, -0.2) is 19.0 Å². The minimum atomic E-state index is -1.04. The lowest BCUT2D eigenvalue weighted by Gasteiger charge is -2.35. The Morgan fingerprint density at radius 2 is 1.97 bits per heavy atom. The molecule has 0 amide bonds. The normalized spacial score (nSPS) is 23.4. The Labute approximate surface area is 209 Å². The second-order valence-corrected chi connectivity index (χ2v) is 9.93. The van der Waals surface area contributed by atoms with Crippen molar-refractivity contribution in [2.45, 2.75) is 45.4 Å². The number of hydrogen-bond acceptors (Lipinski definition) is 8. The maximum absolute atomic E-state index is 15.3. The van der Waals surface area contributed by atoms with E-state index in [1.165, 1.54) is 0 Å². The Morgan fingerprint density at radius 1 is 1.17 bits per heavy atom. The number of piperidine rings is 1. The van der Waals surface area contributed by atoms with E-state index in [4.69, 9.17) is 4.74 Å². The van der Waals surface area contributed by atoms with Crippen LogP contribution in [0.4, 0.5) is 10.2 Å². The molecule has 0 spiro atoms. The van der Waals surface area contributed by atoms with Crippen LogP contribution in [0.2, 0.25) is 0 Å². The Hall–Kier alpha value is -2.95. The molecule has 2 saturated heterocycles. The monoisotopic (exact) mass is 496 g/mol. The van der Waals surface area contributed by atoms with Gasteiger partial charge in [0.2, 0.25) is 0 Å². The van der Waals surface area contributed by atoms with Gasteiger partial charge in [0.25, 0.3) is 0 Å². The van der Waals surface area contributed by atoms with E-state index in [0.29, 0.717) is 50.8 Å². The maximum Gasteiger partial charge on any atom is 0.159 e. The summed E-state index contributed by atoms with van der Waals surface area (Å²) < 4.78 is 22.7. The molecule has 2 aromatic heterocycles. The average Bonchev–Trinajstić information content (AvgIpc) is 3.26. The van der Waals surface area contributed by atoms with Crippen LogP contribution in [0, 0.1) is 13.8 Å². The molecule has 1 N–H and O–H groups in total. The van der Waals surface area contributed by atoms with Gasteiger partial charge >= 0.3 is 0 Å². The third-order valence-electron chi connectivity index (χ3n) is 7.12. The highest BCUT2D eigenvalue weighted by atomic mass is 19.1. The predicted molar refractivity (Wildman–Crippen MR) is 135 cm³/mol. The number of aryl methyl sites for hydroxylation is 2. The first-order chi connectivity index (χ1) is 17.3. The van der Waals surface area contributed by atoms with Gasteiger partial charge in [0, 0.05) is 37.0 Å². The highest BCUT2D eigenvalue weighted by Gasteiger charge is 2.32. The van der Waals surface area contributed by atoms with Crippen molar-refractivity contribution in [1.29, 1.82) is 0 Å². The molecule has 3 aromatic rings. The lowest BCUT2D eigenvalue weighted by Crippen LogP contribution is -2.44. The van der Waals surface area contributed by atoms with E-state index >= 15 is 4.39 Å². The number of likely N-dealkylation sites (tertiary alicyclic amines) is 1. The summed E-state index contributed by atoms with van der Waals surface area (Å²) in [6, 6.07) is 6.01. The van der Waals surface area contributed by atoms with E-state index < -0.39 is 6.17 Å². The van der Waals surface area contributed by atoms with Crippen LogP contribution in [-0.4, -0.2) is 93.8 Å². The van der Waals surface area contributed by atoms with E-state index in [1.54, 1.807) is 11.6 Å². The number of nitrogens with zero attached hydrogens (tertiary/aromatic N) is 6. The van der Waals surface area contributed by atoms with Crippen LogP contribution in [0.15, 0.2) is 24.4 Å². The summed E-state index contributed by atoms with van der Waals surface area (Å²) in [6.07, 6.45) is 1.18. The van der Waals surface area contributed by atoms with Gasteiger partial charge in [-0.05, 0) is 57.0 Å². The molecule has 0 aliphatic carbocycles. The first-order valence-corrected chi connectivity index (χ1v) is 12.5. The van der Waals surface area contributed by atoms with Crippen LogP contribution < -0.4 is 4.90 Å². The molecule has 9 nitrogen and oxygen atoms in total. The van der Waals surface area contributed by atoms with Crippen molar-refractivity contribution >= 4 is 22.5 Å². The zero-order valence-electron chi connectivity index (χ0n) is 21.0. The van der Waals surface area contributed by atoms with Crippen LogP contribution in [-0.2, 0) is 9.53 Å². The number of halogens is 1. The highest BCUT2D eigenvalue weighted by Crippen LogP contribution is 2.35. The van der Waals surface area contributed by atoms with Crippen LogP contribution in [0.1, 0.15) is 36.2 Å². The molecule has 5 rings (SSSR count). The number of Topliss-reactive ketones (excluding diaryl/α,β-unsaturated/α-hetero) is 1. The fourth-order valence-corrected chi connectivity index (χ4v) is 5.41. The molecule has 2 aliphatic heterocycles. The summed E-state index contributed by atoms with van der Waals surface area (Å²) in [4.78, 5) is 24.7. The largest absolute Gasteiger partial charge is 0.394 e. The molecule has 2 aliphatic rings. The molecule has 0 bridgehead atoms. The number of fused-ring (bicyclic) bond motifs is 1. The third kappa shape index (κ3) is 4.98. The van der Waals surface area contributed by atoms with Crippen LogP contribution >= 0.6 is 0 Å². The second kappa shape index (κ2) is 10.2. The van der Waals surface area contributed by atoms with E-state index in [0.717, 1.165) is 27.8 Å². The number of benzene rings is 1. The number of morpholine rings is 1. The number of carbonyl (C=O) groups excluding carboxylic acids is 1. The molecule has 192 valence electrons. The number of ketones is 1. The van der Waals surface area contributed by atoms with Crippen molar-refractivity contribution in [3.8, 4) is 5.82 Å².